The number of halogens is 1. The molecule has 1 aliphatic heterocycles. The van der Waals surface area contributed by atoms with E-state index in [-0.39, 0.29) is 5.91 Å². The number of nitriles is 1. The Kier molecular flexibility index (Phi) is 3.85. The highest BCUT2D eigenvalue weighted by Crippen LogP contribution is 2.18. The van der Waals surface area contributed by atoms with E-state index in [0.717, 1.165) is 5.70 Å². The van der Waals surface area contributed by atoms with Gasteiger partial charge in [-0.05, 0) is 0 Å². The topological polar surface area (TPSA) is 82.7 Å². The van der Waals surface area contributed by atoms with Gasteiger partial charge in [-0.1, -0.05) is 0 Å². The number of carbonyl (C=O) groups excluding carboxylic acids is 1. The van der Waals surface area contributed by atoms with Crippen LogP contribution >= 0.6 is 11.6 Å². The van der Waals surface area contributed by atoms with E-state index in [2.05, 4.69) is 21.8 Å². The van der Waals surface area contributed by atoms with Crippen LogP contribution in [0.2, 0.25) is 0 Å². The average molecular weight is 266 g/mol. The quantitative estimate of drug-likeness (QED) is 0.789. The molecule has 0 radical (unpaired) electrons. The minimum Gasteiger partial charge on any atom is -0.352 e. The van der Waals surface area contributed by atoms with Crippen molar-refractivity contribution in [2.24, 2.45) is 0 Å². The number of aromatic nitrogens is 2. The third-order valence-electron chi connectivity index (χ3n) is 2.53. The third kappa shape index (κ3) is 2.63. The molecule has 0 aromatic carbocycles. The van der Waals surface area contributed by atoms with Crippen molar-refractivity contribution in [3.05, 3.63) is 23.5 Å². The highest BCUT2D eigenvalue weighted by molar-refractivity contribution is 6.17. The van der Waals surface area contributed by atoms with E-state index >= 15 is 0 Å². The van der Waals surface area contributed by atoms with Crippen molar-refractivity contribution in [3.8, 4) is 6.07 Å². The molecule has 1 aromatic heterocycles. The van der Waals surface area contributed by atoms with Crippen LogP contribution in [0.5, 0.6) is 0 Å². The van der Waals surface area contributed by atoms with Crippen LogP contribution in [0.4, 0.5) is 5.82 Å². The van der Waals surface area contributed by atoms with Gasteiger partial charge in [-0.3, -0.25) is 4.79 Å². The fourth-order valence-corrected chi connectivity index (χ4v) is 1.86. The number of hydrogen-bond donors (Lipinski definition) is 2. The monoisotopic (exact) mass is 265 g/mol. The molecule has 2 N–H and O–H groups in total. The summed E-state index contributed by atoms with van der Waals surface area (Å²) in [6.45, 7) is 1.09. The van der Waals surface area contributed by atoms with Gasteiger partial charge in [-0.15, -0.1) is 11.6 Å². The summed E-state index contributed by atoms with van der Waals surface area (Å²) in [6.07, 6.45) is 3.67. The van der Waals surface area contributed by atoms with E-state index in [9.17, 15) is 4.79 Å². The van der Waals surface area contributed by atoms with Crippen molar-refractivity contribution < 1.29 is 4.79 Å². The molecule has 18 heavy (non-hydrogen) atoms. The zero-order chi connectivity index (χ0) is 13.0. The Balaban J connectivity index is 2.24. The maximum Gasteiger partial charge on any atom is 0.245 e. The number of nitrogens with one attached hydrogen (secondary N) is 2. The van der Waals surface area contributed by atoms with Gasteiger partial charge >= 0.3 is 0 Å². The minimum absolute atomic E-state index is 0.134. The smallest absolute Gasteiger partial charge is 0.245 e. The molecule has 0 aliphatic carbocycles. The number of carbonyl (C=O) groups is 1. The van der Waals surface area contributed by atoms with Crippen molar-refractivity contribution >= 4 is 23.3 Å². The SMILES string of the molecule is N#Cc1cnn(CCCl)c1NC1=CC(=O)NCC1. The lowest BCUT2D eigenvalue weighted by atomic mass is 10.2. The molecule has 0 atom stereocenters. The van der Waals surface area contributed by atoms with Crippen LogP contribution in [-0.4, -0.2) is 28.1 Å². The van der Waals surface area contributed by atoms with Crippen LogP contribution in [0.3, 0.4) is 0 Å². The number of anilines is 1. The number of amides is 1. The largest absolute Gasteiger partial charge is 0.352 e. The molecule has 1 aliphatic rings. The van der Waals surface area contributed by atoms with Gasteiger partial charge in [0.2, 0.25) is 5.91 Å². The summed E-state index contributed by atoms with van der Waals surface area (Å²) in [5.41, 5.74) is 1.21. The predicted molar refractivity (Wildman–Crippen MR) is 67.0 cm³/mol. The van der Waals surface area contributed by atoms with Crippen LogP contribution in [0.1, 0.15) is 12.0 Å². The molecule has 6 nitrogen and oxygen atoms in total. The van der Waals surface area contributed by atoms with E-state index in [0.29, 0.717) is 36.8 Å². The fourth-order valence-electron chi connectivity index (χ4n) is 1.70. The van der Waals surface area contributed by atoms with Gasteiger partial charge in [0.1, 0.15) is 17.5 Å². The summed E-state index contributed by atoms with van der Waals surface area (Å²) in [5, 5.41) is 18.9. The lowest BCUT2D eigenvalue weighted by Crippen LogP contribution is -2.29. The van der Waals surface area contributed by atoms with Crippen LogP contribution in [0.25, 0.3) is 0 Å². The predicted octanol–water partition coefficient (Wildman–Crippen LogP) is 0.809. The minimum atomic E-state index is -0.134. The van der Waals surface area contributed by atoms with E-state index in [1.165, 1.54) is 12.3 Å². The summed E-state index contributed by atoms with van der Waals surface area (Å²) in [4.78, 5) is 11.2. The van der Waals surface area contributed by atoms with Crippen LogP contribution in [0, 0.1) is 11.3 Å². The first-order chi connectivity index (χ1) is 8.74. The van der Waals surface area contributed by atoms with Crippen molar-refractivity contribution in [1.82, 2.24) is 15.1 Å². The first-order valence-corrected chi connectivity index (χ1v) is 6.05. The Morgan fingerprint density at radius 3 is 3.17 bits per heavy atom. The lowest BCUT2D eigenvalue weighted by Gasteiger charge is -2.16. The summed E-state index contributed by atoms with van der Waals surface area (Å²) >= 11 is 5.68. The molecule has 1 aromatic rings. The number of nitrogens with zero attached hydrogens (tertiary/aromatic N) is 3. The molecule has 0 saturated heterocycles. The van der Waals surface area contributed by atoms with Crippen molar-refractivity contribution in [2.75, 3.05) is 17.7 Å². The van der Waals surface area contributed by atoms with Gasteiger partial charge in [0, 0.05) is 30.6 Å². The highest BCUT2D eigenvalue weighted by atomic mass is 35.5. The Hall–Kier alpha value is -2.00. The number of rotatable bonds is 4. The Morgan fingerprint density at radius 2 is 2.50 bits per heavy atom. The average Bonchev–Trinajstić information content (AvgIpc) is 2.72. The first kappa shape index (κ1) is 12.5. The van der Waals surface area contributed by atoms with Crippen LogP contribution in [0.15, 0.2) is 18.0 Å². The maximum absolute atomic E-state index is 11.2. The second-order valence-electron chi connectivity index (χ2n) is 3.77. The van der Waals surface area contributed by atoms with Crippen molar-refractivity contribution in [1.29, 1.82) is 5.26 Å². The van der Waals surface area contributed by atoms with Crippen molar-refractivity contribution in [3.63, 3.8) is 0 Å². The van der Waals surface area contributed by atoms with E-state index < -0.39 is 0 Å². The van der Waals surface area contributed by atoms with E-state index in [1.54, 1.807) is 4.68 Å². The zero-order valence-electron chi connectivity index (χ0n) is 9.61. The Bertz CT molecular complexity index is 528. The molecule has 7 heteroatoms. The molecule has 0 fully saturated rings. The molecule has 0 unspecified atom stereocenters. The van der Waals surface area contributed by atoms with Crippen molar-refractivity contribution in [2.45, 2.75) is 13.0 Å². The van der Waals surface area contributed by atoms with Gasteiger partial charge in [-0.2, -0.15) is 10.4 Å². The Labute approximate surface area is 109 Å². The molecule has 94 valence electrons. The lowest BCUT2D eigenvalue weighted by molar-refractivity contribution is -0.116. The molecule has 2 rings (SSSR count). The van der Waals surface area contributed by atoms with Gasteiger partial charge < -0.3 is 10.6 Å². The number of hydrogen-bond acceptors (Lipinski definition) is 4. The van der Waals surface area contributed by atoms with E-state index in [4.69, 9.17) is 16.9 Å². The zero-order valence-corrected chi connectivity index (χ0v) is 10.4. The van der Waals surface area contributed by atoms with Crippen LogP contribution in [-0.2, 0) is 11.3 Å². The standard InChI is InChI=1S/C11H12ClN5O/c12-2-4-17-11(8(6-13)7-15-17)16-9-1-3-14-10(18)5-9/h5,7,16H,1-4H2,(H,14,18). The number of alkyl halides is 1. The summed E-state index contributed by atoms with van der Waals surface area (Å²) < 4.78 is 1.62. The van der Waals surface area contributed by atoms with Crippen LogP contribution < -0.4 is 10.6 Å². The van der Waals surface area contributed by atoms with Gasteiger partial charge in [-0.25, -0.2) is 4.68 Å². The second kappa shape index (κ2) is 5.56. The normalized spacial score (nSPS) is 14.7. The Morgan fingerprint density at radius 1 is 1.67 bits per heavy atom. The molecule has 0 saturated carbocycles. The molecule has 2 heterocycles. The fraction of sp³-hybridized carbons (Fsp3) is 0.364. The summed E-state index contributed by atoms with van der Waals surface area (Å²) in [6, 6.07) is 2.06. The maximum atomic E-state index is 11.2. The summed E-state index contributed by atoms with van der Waals surface area (Å²) in [5.74, 6) is 0.852. The molecular formula is C11H12ClN5O. The number of aryl methyl sites for hydroxylation is 1. The third-order valence-corrected chi connectivity index (χ3v) is 2.70. The molecule has 0 spiro atoms. The molecule has 0 bridgehead atoms. The van der Waals surface area contributed by atoms with E-state index in [1.807, 2.05) is 0 Å². The first-order valence-electron chi connectivity index (χ1n) is 5.52. The highest BCUT2D eigenvalue weighted by Gasteiger charge is 2.14. The van der Waals surface area contributed by atoms with Gasteiger partial charge in [0.05, 0.1) is 12.7 Å². The molecule has 1 amide bonds. The second-order valence-corrected chi connectivity index (χ2v) is 4.14. The molecular weight excluding hydrogens is 254 g/mol. The van der Waals surface area contributed by atoms with Gasteiger partial charge in [0.15, 0.2) is 0 Å². The summed E-state index contributed by atoms with van der Waals surface area (Å²) in [7, 11) is 0. The van der Waals surface area contributed by atoms with Gasteiger partial charge in [0.25, 0.3) is 0 Å².